The van der Waals surface area contributed by atoms with Gasteiger partial charge in [0.2, 0.25) is 11.8 Å². The number of carbonyl (C=O) groups is 2. The number of benzene rings is 2. The van der Waals surface area contributed by atoms with E-state index in [0.29, 0.717) is 13.0 Å². The summed E-state index contributed by atoms with van der Waals surface area (Å²) >= 11 is 0. The van der Waals surface area contributed by atoms with Crippen molar-refractivity contribution in [3.8, 4) is 0 Å². The van der Waals surface area contributed by atoms with Gasteiger partial charge < -0.3 is 10.2 Å². The van der Waals surface area contributed by atoms with Gasteiger partial charge in [-0.15, -0.1) is 0 Å². The fraction of sp³-hybridized carbons (Fsp3) is 0.364. The van der Waals surface area contributed by atoms with Crippen molar-refractivity contribution < 1.29 is 9.59 Å². The molecule has 26 heavy (non-hydrogen) atoms. The van der Waals surface area contributed by atoms with Crippen molar-refractivity contribution in [3.05, 3.63) is 71.8 Å². The van der Waals surface area contributed by atoms with E-state index in [0.717, 1.165) is 17.5 Å². The van der Waals surface area contributed by atoms with Crippen LogP contribution in [0.5, 0.6) is 0 Å². The highest BCUT2D eigenvalue weighted by molar-refractivity contribution is 5.88. The van der Waals surface area contributed by atoms with Crippen LogP contribution in [0.15, 0.2) is 60.7 Å². The van der Waals surface area contributed by atoms with Gasteiger partial charge in [0.1, 0.15) is 6.04 Å². The van der Waals surface area contributed by atoms with Gasteiger partial charge in [0.05, 0.1) is 6.42 Å². The largest absolute Gasteiger partial charge is 0.352 e. The fourth-order valence-corrected chi connectivity index (χ4v) is 2.85. The Hall–Kier alpha value is -2.62. The van der Waals surface area contributed by atoms with Crippen LogP contribution in [0.2, 0.25) is 0 Å². The third kappa shape index (κ3) is 6.03. The van der Waals surface area contributed by atoms with E-state index in [1.54, 1.807) is 11.8 Å². The Morgan fingerprint density at radius 2 is 1.42 bits per heavy atom. The highest BCUT2D eigenvalue weighted by Crippen LogP contribution is 2.10. The first kappa shape index (κ1) is 19.7. The normalized spacial score (nSPS) is 11.8. The topological polar surface area (TPSA) is 49.4 Å². The van der Waals surface area contributed by atoms with Crippen molar-refractivity contribution in [1.29, 1.82) is 0 Å². The molecule has 0 saturated heterocycles. The maximum Gasteiger partial charge on any atom is 0.242 e. The Morgan fingerprint density at radius 1 is 0.885 bits per heavy atom. The van der Waals surface area contributed by atoms with Gasteiger partial charge in [0.25, 0.3) is 0 Å². The van der Waals surface area contributed by atoms with Gasteiger partial charge >= 0.3 is 0 Å². The molecule has 0 saturated carbocycles. The lowest BCUT2D eigenvalue weighted by atomic mass is 10.1. The molecule has 1 N–H and O–H groups in total. The number of hydrogen-bond acceptors (Lipinski definition) is 2. The average Bonchev–Trinajstić information content (AvgIpc) is 2.63. The van der Waals surface area contributed by atoms with Gasteiger partial charge in [-0.25, -0.2) is 0 Å². The number of nitrogens with one attached hydrogen (secondary N) is 1. The first-order valence-corrected chi connectivity index (χ1v) is 9.15. The number of carbonyl (C=O) groups excluding carboxylic acids is 2. The van der Waals surface area contributed by atoms with Crippen molar-refractivity contribution in [1.82, 2.24) is 10.2 Å². The van der Waals surface area contributed by atoms with Crippen molar-refractivity contribution in [2.75, 3.05) is 6.54 Å². The molecule has 0 fully saturated rings. The summed E-state index contributed by atoms with van der Waals surface area (Å²) in [5.74, 6) is -0.145. The molecule has 0 heterocycles. The minimum absolute atomic E-state index is 0.0291. The molecule has 1 atom stereocenters. The van der Waals surface area contributed by atoms with Crippen molar-refractivity contribution in [2.45, 2.75) is 45.7 Å². The zero-order valence-electron chi connectivity index (χ0n) is 15.8. The lowest BCUT2D eigenvalue weighted by molar-refractivity contribution is -0.139. The van der Waals surface area contributed by atoms with E-state index in [9.17, 15) is 9.59 Å². The third-order valence-electron chi connectivity index (χ3n) is 4.28. The van der Waals surface area contributed by atoms with E-state index >= 15 is 0 Å². The molecule has 0 aliphatic rings. The molecular weight excluding hydrogens is 324 g/mol. The standard InChI is InChI=1S/C22H28N2O2/c1-17(2)23-22(26)18(3)24(15-14-19-10-6-4-7-11-19)21(25)16-20-12-8-5-9-13-20/h4-13,17-18H,14-16H2,1-3H3,(H,23,26)/t18-/m0/s1. The molecule has 0 aromatic heterocycles. The maximum absolute atomic E-state index is 12.9. The monoisotopic (exact) mass is 352 g/mol. The quantitative estimate of drug-likeness (QED) is 0.793. The minimum Gasteiger partial charge on any atom is -0.352 e. The molecule has 0 aliphatic heterocycles. The number of rotatable bonds is 8. The molecule has 4 heteroatoms. The van der Waals surface area contributed by atoms with Gasteiger partial charge in [-0.3, -0.25) is 9.59 Å². The zero-order chi connectivity index (χ0) is 18.9. The van der Waals surface area contributed by atoms with E-state index in [2.05, 4.69) is 5.32 Å². The molecule has 0 spiro atoms. The maximum atomic E-state index is 12.9. The summed E-state index contributed by atoms with van der Waals surface area (Å²) in [7, 11) is 0. The molecule has 138 valence electrons. The molecule has 2 amide bonds. The van der Waals surface area contributed by atoms with Crippen LogP contribution in [0.1, 0.15) is 31.9 Å². The first-order chi connectivity index (χ1) is 12.5. The third-order valence-corrected chi connectivity index (χ3v) is 4.28. The molecule has 0 radical (unpaired) electrons. The first-order valence-electron chi connectivity index (χ1n) is 9.15. The SMILES string of the molecule is CC(C)NC(=O)[C@H](C)N(CCc1ccccc1)C(=O)Cc1ccccc1. The fourth-order valence-electron chi connectivity index (χ4n) is 2.85. The number of hydrogen-bond donors (Lipinski definition) is 1. The summed E-state index contributed by atoms with van der Waals surface area (Å²) in [5, 5.41) is 2.91. The Kier molecular flexibility index (Phi) is 7.39. The summed E-state index contributed by atoms with van der Waals surface area (Å²) in [6.07, 6.45) is 1.02. The van der Waals surface area contributed by atoms with E-state index in [-0.39, 0.29) is 17.9 Å². The van der Waals surface area contributed by atoms with E-state index in [1.165, 1.54) is 0 Å². The van der Waals surface area contributed by atoms with Crippen LogP contribution >= 0.6 is 0 Å². The Morgan fingerprint density at radius 3 is 1.96 bits per heavy atom. The van der Waals surface area contributed by atoms with Crippen LogP contribution in [-0.2, 0) is 22.4 Å². The Bertz CT molecular complexity index is 699. The zero-order valence-corrected chi connectivity index (χ0v) is 15.8. The van der Waals surface area contributed by atoms with E-state index in [1.807, 2.05) is 74.5 Å². The summed E-state index contributed by atoms with van der Waals surface area (Å²) in [6, 6.07) is 19.2. The molecule has 2 aromatic carbocycles. The van der Waals surface area contributed by atoms with Crippen LogP contribution in [0, 0.1) is 0 Å². The lowest BCUT2D eigenvalue weighted by Gasteiger charge is -2.29. The van der Waals surface area contributed by atoms with Crippen LogP contribution in [0.25, 0.3) is 0 Å². The van der Waals surface area contributed by atoms with Crippen LogP contribution in [0.3, 0.4) is 0 Å². The van der Waals surface area contributed by atoms with Crippen molar-refractivity contribution in [3.63, 3.8) is 0 Å². The highest BCUT2D eigenvalue weighted by Gasteiger charge is 2.26. The second-order valence-electron chi connectivity index (χ2n) is 6.82. The molecule has 0 unspecified atom stereocenters. The smallest absolute Gasteiger partial charge is 0.242 e. The van der Waals surface area contributed by atoms with Crippen LogP contribution < -0.4 is 5.32 Å². The van der Waals surface area contributed by atoms with Gasteiger partial charge in [-0.1, -0.05) is 60.7 Å². The minimum atomic E-state index is -0.502. The Labute approximate surface area is 156 Å². The summed E-state index contributed by atoms with van der Waals surface area (Å²) in [6.45, 7) is 6.16. The predicted molar refractivity (Wildman–Crippen MR) is 105 cm³/mol. The van der Waals surface area contributed by atoms with Gasteiger partial charge in [-0.05, 0) is 38.3 Å². The number of nitrogens with zero attached hydrogens (tertiary/aromatic N) is 1. The van der Waals surface area contributed by atoms with Gasteiger partial charge in [0, 0.05) is 12.6 Å². The molecule has 2 rings (SSSR count). The second kappa shape index (κ2) is 9.76. The Balaban J connectivity index is 2.11. The van der Waals surface area contributed by atoms with E-state index in [4.69, 9.17) is 0 Å². The lowest BCUT2D eigenvalue weighted by Crippen LogP contribution is -2.50. The number of amides is 2. The summed E-state index contributed by atoms with van der Waals surface area (Å²) < 4.78 is 0. The second-order valence-corrected chi connectivity index (χ2v) is 6.82. The molecule has 2 aromatic rings. The molecule has 4 nitrogen and oxygen atoms in total. The summed E-state index contributed by atoms with van der Waals surface area (Å²) in [5.41, 5.74) is 2.11. The molecule has 0 bridgehead atoms. The predicted octanol–water partition coefficient (Wildman–Crippen LogP) is 3.21. The van der Waals surface area contributed by atoms with Gasteiger partial charge in [0.15, 0.2) is 0 Å². The summed E-state index contributed by atoms with van der Waals surface area (Å²) in [4.78, 5) is 27.1. The van der Waals surface area contributed by atoms with Crippen molar-refractivity contribution in [2.24, 2.45) is 0 Å². The van der Waals surface area contributed by atoms with E-state index < -0.39 is 6.04 Å². The molecule has 0 aliphatic carbocycles. The highest BCUT2D eigenvalue weighted by atomic mass is 16.2. The van der Waals surface area contributed by atoms with Crippen molar-refractivity contribution >= 4 is 11.8 Å². The average molecular weight is 352 g/mol. The van der Waals surface area contributed by atoms with Crippen LogP contribution in [-0.4, -0.2) is 35.3 Å². The van der Waals surface area contributed by atoms with Gasteiger partial charge in [-0.2, -0.15) is 0 Å². The van der Waals surface area contributed by atoms with Crippen LogP contribution in [0.4, 0.5) is 0 Å². The molecular formula is C22H28N2O2.